The minimum absolute atomic E-state index is 0.0313. The van der Waals surface area contributed by atoms with Crippen LogP contribution < -0.4 is 0 Å². The molecular weight excluding hydrogens is 286 g/mol. The monoisotopic (exact) mass is 299 g/mol. The molecule has 17 heavy (non-hydrogen) atoms. The molecule has 1 atom stereocenters. The van der Waals surface area contributed by atoms with Crippen LogP contribution in [0.5, 0.6) is 0 Å². The van der Waals surface area contributed by atoms with Gasteiger partial charge in [0, 0.05) is 17.6 Å². The zero-order valence-electron chi connectivity index (χ0n) is 9.30. The number of carbonyl (C=O) groups is 1. The fraction of sp³-hybridized carbons (Fsp3) is 0.417. The minimum Gasteiger partial charge on any atom is -0.480 e. The van der Waals surface area contributed by atoms with Gasteiger partial charge in [0.25, 0.3) is 0 Å². The molecule has 1 saturated heterocycles. The lowest BCUT2D eigenvalue weighted by molar-refractivity contribution is -0.140. The number of halogens is 1. The molecule has 0 spiro atoms. The molecule has 1 N–H and O–H groups in total. The molecule has 1 aromatic rings. The van der Waals surface area contributed by atoms with Crippen molar-refractivity contribution in [2.75, 3.05) is 26.2 Å². The smallest absolute Gasteiger partial charge is 0.317 e. The summed E-state index contributed by atoms with van der Waals surface area (Å²) in [6.45, 7) is 1.97. The highest BCUT2D eigenvalue weighted by atomic mass is 79.9. The minimum atomic E-state index is -0.790. The third-order valence-electron chi connectivity index (χ3n) is 2.75. The van der Waals surface area contributed by atoms with Crippen molar-refractivity contribution in [3.8, 4) is 0 Å². The molecule has 5 heteroatoms. The number of rotatable bonds is 3. The number of benzene rings is 1. The van der Waals surface area contributed by atoms with Gasteiger partial charge in [-0.1, -0.05) is 28.1 Å². The first-order valence-electron chi connectivity index (χ1n) is 5.46. The van der Waals surface area contributed by atoms with Gasteiger partial charge in [-0.2, -0.15) is 0 Å². The van der Waals surface area contributed by atoms with Crippen LogP contribution in [0.1, 0.15) is 11.7 Å². The van der Waals surface area contributed by atoms with Gasteiger partial charge in [0.15, 0.2) is 0 Å². The van der Waals surface area contributed by atoms with Crippen LogP contribution in [0.3, 0.4) is 0 Å². The van der Waals surface area contributed by atoms with E-state index in [0.717, 1.165) is 10.0 Å². The Bertz CT molecular complexity index is 393. The highest BCUT2D eigenvalue weighted by Crippen LogP contribution is 2.23. The van der Waals surface area contributed by atoms with Crippen molar-refractivity contribution in [3.05, 3.63) is 34.3 Å². The Balaban J connectivity index is 2.01. The summed E-state index contributed by atoms with van der Waals surface area (Å²) in [6.07, 6.45) is -0.0313. The quantitative estimate of drug-likeness (QED) is 0.926. The van der Waals surface area contributed by atoms with Crippen molar-refractivity contribution in [3.63, 3.8) is 0 Å². The zero-order chi connectivity index (χ0) is 12.3. The summed E-state index contributed by atoms with van der Waals surface area (Å²) in [4.78, 5) is 12.6. The van der Waals surface area contributed by atoms with Gasteiger partial charge >= 0.3 is 5.97 Å². The van der Waals surface area contributed by atoms with Crippen LogP contribution in [0, 0.1) is 0 Å². The highest BCUT2D eigenvalue weighted by Gasteiger charge is 2.23. The van der Waals surface area contributed by atoms with Gasteiger partial charge < -0.3 is 9.84 Å². The van der Waals surface area contributed by atoms with Crippen molar-refractivity contribution < 1.29 is 14.6 Å². The molecular formula is C12H14BrNO3. The van der Waals surface area contributed by atoms with Crippen LogP contribution in [0.25, 0.3) is 0 Å². The molecule has 0 aliphatic carbocycles. The molecule has 0 radical (unpaired) electrons. The molecule has 4 nitrogen and oxygen atoms in total. The second-order valence-electron chi connectivity index (χ2n) is 4.04. The van der Waals surface area contributed by atoms with E-state index < -0.39 is 5.97 Å². The van der Waals surface area contributed by atoms with E-state index in [1.165, 1.54) is 0 Å². The largest absolute Gasteiger partial charge is 0.480 e. The molecule has 1 heterocycles. The normalized spacial score (nSPS) is 21.4. The summed E-state index contributed by atoms with van der Waals surface area (Å²) in [5.74, 6) is -0.790. The first-order valence-corrected chi connectivity index (χ1v) is 6.25. The lowest BCUT2D eigenvalue weighted by Crippen LogP contribution is -2.41. The van der Waals surface area contributed by atoms with E-state index >= 15 is 0 Å². The molecule has 0 saturated carbocycles. The molecule has 1 fully saturated rings. The summed E-state index contributed by atoms with van der Waals surface area (Å²) < 4.78 is 6.69. The van der Waals surface area contributed by atoms with Crippen LogP contribution in [0.2, 0.25) is 0 Å². The topological polar surface area (TPSA) is 49.8 Å². The maximum Gasteiger partial charge on any atom is 0.317 e. The molecule has 92 valence electrons. The van der Waals surface area contributed by atoms with E-state index in [0.29, 0.717) is 19.7 Å². The number of carboxylic acid groups (broad SMARTS) is 1. The summed E-state index contributed by atoms with van der Waals surface area (Å²) in [5, 5.41) is 8.77. The average Bonchev–Trinajstić information content (AvgIpc) is 2.29. The lowest BCUT2D eigenvalue weighted by Gasteiger charge is -2.32. The van der Waals surface area contributed by atoms with Crippen molar-refractivity contribution >= 4 is 21.9 Å². The Labute approximate surface area is 108 Å². The zero-order valence-corrected chi connectivity index (χ0v) is 10.9. The fourth-order valence-electron chi connectivity index (χ4n) is 1.92. The van der Waals surface area contributed by atoms with E-state index in [1.54, 1.807) is 0 Å². The Morgan fingerprint density at radius 2 is 2.18 bits per heavy atom. The molecule has 2 rings (SSSR count). The van der Waals surface area contributed by atoms with Gasteiger partial charge in [-0.25, -0.2) is 0 Å². The first-order chi connectivity index (χ1) is 8.15. The number of ether oxygens (including phenoxy) is 1. The van der Waals surface area contributed by atoms with E-state index in [9.17, 15) is 4.79 Å². The molecule has 1 aliphatic heterocycles. The molecule has 1 aromatic carbocycles. The fourth-order valence-corrected chi connectivity index (χ4v) is 2.18. The lowest BCUT2D eigenvalue weighted by atomic mass is 10.1. The number of aliphatic carboxylic acids is 1. The summed E-state index contributed by atoms with van der Waals surface area (Å²) in [5.41, 5.74) is 1.09. The average molecular weight is 300 g/mol. The van der Waals surface area contributed by atoms with Crippen LogP contribution in [0.4, 0.5) is 0 Å². The Hall–Kier alpha value is -0.910. The number of morpholine rings is 1. The summed E-state index contributed by atoms with van der Waals surface area (Å²) in [6, 6.07) is 7.93. The third-order valence-corrected chi connectivity index (χ3v) is 3.28. The van der Waals surface area contributed by atoms with Crippen molar-refractivity contribution in [1.29, 1.82) is 0 Å². The standard InChI is InChI=1S/C12H14BrNO3/c13-10-3-1-9(2-4-10)11-7-14(5-6-17-11)8-12(15)16/h1-4,11H,5-8H2,(H,15,16)/t11-/m0/s1. The molecule has 0 unspecified atom stereocenters. The number of hydrogen-bond donors (Lipinski definition) is 1. The Morgan fingerprint density at radius 1 is 1.47 bits per heavy atom. The maximum atomic E-state index is 10.7. The Kier molecular flexibility index (Phi) is 4.15. The second kappa shape index (κ2) is 5.62. The predicted molar refractivity (Wildman–Crippen MR) is 66.9 cm³/mol. The molecule has 0 aromatic heterocycles. The van der Waals surface area contributed by atoms with E-state index in [1.807, 2.05) is 29.2 Å². The summed E-state index contributed by atoms with van der Waals surface area (Å²) in [7, 11) is 0. The highest BCUT2D eigenvalue weighted by molar-refractivity contribution is 9.10. The summed E-state index contributed by atoms with van der Waals surface area (Å²) >= 11 is 3.39. The number of nitrogens with zero attached hydrogens (tertiary/aromatic N) is 1. The van der Waals surface area contributed by atoms with Gasteiger partial charge in [0.05, 0.1) is 19.3 Å². The van der Waals surface area contributed by atoms with Crippen LogP contribution in [0.15, 0.2) is 28.7 Å². The third kappa shape index (κ3) is 3.52. The van der Waals surface area contributed by atoms with Gasteiger partial charge in [-0.3, -0.25) is 9.69 Å². The van der Waals surface area contributed by atoms with E-state index in [-0.39, 0.29) is 12.6 Å². The van der Waals surface area contributed by atoms with Gasteiger partial charge in [-0.15, -0.1) is 0 Å². The maximum absolute atomic E-state index is 10.7. The van der Waals surface area contributed by atoms with Gasteiger partial charge in [-0.05, 0) is 17.7 Å². The molecule has 1 aliphatic rings. The SMILES string of the molecule is O=C(O)CN1CCO[C@H](c2ccc(Br)cc2)C1. The van der Waals surface area contributed by atoms with Crippen LogP contribution in [-0.4, -0.2) is 42.2 Å². The number of carboxylic acids is 1. The second-order valence-corrected chi connectivity index (χ2v) is 4.96. The van der Waals surface area contributed by atoms with Crippen molar-refractivity contribution in [2.45, 2.75) is 6.10 Å². The van der Waals surface area contributed by atoms with Crippen molar-refractivity contribution in [1.82, 2.24) is 4.90 Å². The molecule has 0 amide bonds. The van der Waals surface area contributed by atoms with E-state index in [4.69, 9.17) is 9.84 Å². The van der Waals surface area contributed by atoms with Crippen molar-refractivity contribution in [2.24, 2.45) is 0 Å². The van der Waals surface area contributed by atoms with E-state index in [2.05, 4.69) is 15.9 Å². The van der Waals surface area contributed by atoms with Gasteiger partial charge in [0.2, 0.25) is 0 Å². The van der Waals surface area contributed by atoms with Crippen LogP contribution >= 0.6 is 15.9 Å². The Morgan fingerprint density at radius 3 is 2.82 bits per heavy atom. The molecule has 0 bridgehead atoms. The van der Waals surface area contributed by atoms with Gasteiger partial charge in [0.1, 0.15) is 0 Å². The first kappa shape index (κ1) is 12.5. The van der Waals surface area contributed by atoms with Crippen LogP contribution in [-0.2, 0) is 9.53 Å². The predicted octanol–water partition coefficient (Wildman–Crippen LogP) is 1.91. The number of hydrogen-bond acceptors (Lipinski definition) is 3.